The molecule has 1 N–H and O–H groups in total. The molecule has 0 amide bonds. The molecule has 0 aliphatic carbocycles. The summed E-state index contributed by atoms with van der Waals surface area (Å²) in [4.78, 5) is 11.4. The van der Waals surface area contributed by atoms with Crippen molar-refractivity contribution in [2.24, 2.45) is 0 Å². The van der Waals surface area contributed by atoms with E-state index >= 15 is 0 Å². The van der Waals surface area contributed by atoms with Crippen LogP contribution in [0, 0.1) is 0 Å². The molecule has 1 aromatic rings. The van der Waals surface area contributed by atoms with Crippen molar-refractivity contribution in [1.82, 2.24) is 4.72 Å². The highest BCUT2D eigenvalue weighted by molar-refractivity contribution is 7.97. The molecule has 0 heterocycles. The summed E-state index contributed by atoms with van der Waals surface area (Å²) >= 11 is 19.0. The number of carbonyl (C=O) groups is 1. The molecule has 88 valence electrons. The Labute approximate surface area is 114 Å². The number of carbonyl (C=O) groups excluding carboxylic acids is 1. The first kappa shape index (κ1) is 14.1. The Balaban J connectivity index is 2.86. The van der Waals surface area contributed by atoms with Gasteiger partial charge in [0.25, 0.3) is 0 Å². The maximum atomic E-state index is 10.7. The van der Waals surface area contributed by atoms with Crippen LogP contribution in [0.4, 0.5) is 0 Å². The van der Waals surface area contributed by atoms with Crippen LogP contribution in [0.2, 0.25) is 15.1 Å². The molecule has 0 aliphatic rings. The number of halogens is 3. The van der Waals surface area contributed by atoms with Crippen molar-refractivity contribution in [2.45, 2.75) is 24.3 Å². The van der Waals surface area contributed by atoms with Crippen molar-refractivity contribution in [1.29, 1.82) is 0 Å². The zero-order valence-electron chi connectivity index (χ0n) is 8.68. The molecule has 0 bridgehead atoms. The smallest absolute Gasteiger partial charge is 0.140 e. The molecule has 0 unspecified atom stereocenters. The van der Waals surface area contributed by atoms with E-state index < -0.39 is 5.54 Å². The quantitative estimate of drug-likeness (QED) is 0.666. The Morgan fingerprint density at radius 1 is 1.25 bits per heavy atom. The second-order valence-corrected chi connectivity index (χ2v) is 5.81. The predicted octanol–water partition coefficient (Wildman–Crippen LogP) is 4.22. The van der Waals surface area contributed by atoms with Gasteiger partial charge in [0.05, 0.1) is 20.5 Å². The van der Waals surface area contributed by atoms with Crippen LogP contribution in [-0.2, 0) is 4.79 Å². The highest BCUT2D eigenvalue weighted by atomic mass is 35.5. The van der Waals surface area contributed by atoms with Gasteiger partial charge in [0, 0.05) is 5.02 Å². The summed E-state index contributed by atoms with van der Waals surface area (Å²) in [7, 11) is 0. The van der Waals surface area contributed by atoms with E-state index in [4.69, 9.17) is 34.8 Å². The van der Waals surface area contributed by atoms with Crippen LogP contribution < -0.4 is 4.72 Å². The van der Waals surface area contributed by atoms with Crippen LogP contribution in [0.15, 0.2) is 17.0 Å². The zero-order chi connectivity index (χ0) is 12.3. The number of hydrogen-bond donors (Lipinski definition) is 1. The number of hydrogen-bond acceptors (Lipinski definition) is 3. The minimum absolute atomic E-state index is 0.455. The van der Waals surface area contributed by atoms with Gasteiger partial charge < -0.3 is 4.79 Å². The van der Waals surface area contributed by atoms with Crippen LogP contribution in [0.1, 0.15) is 13.8 Å². The summed E-state index contributed by atoms with van der Waals surface area (Å²) in [5, 5.41) is 1.39. The fourth-order valence-corrected chi connectivity index (χ4v) is 2.61. The molecule has 0 saturated carbocycles. The standard InChI is InChI=1S/C10H10Cl3NOS/c1-10(2,5-15)14-16-9-7(12)3-6(11)4-8(9)13/h3-5,14H,1-2H3. The van der Waals surface area contributed by atoms with Gasteiger partial charge in [-0.25, -0.2) is 4.72 Å². The lowest BCUT2D eigenvalue weighted by Crippen LogP contribution is -2.35. The molecule has 2 nitrogen and oxygen atoms in total. The van der Waals surface area contributed by atoms with E-state index in [9.17, 15) is 4.79 Å². The second-order valence-electron chi connectivity index (χ2n) is 3.74. The van der Waals surface area contributed by atoms with Gasteiger partial charge in [-0.3, -0.25) is 0 Å². The van der Waals surface area contributed by atoms with Gasteiger partial charge in [-0.05, 0) is 37.9 Å². The average molecular weight is 299 g/mol. The van der Waals surface area contributed by atoms with Crippen molar-refractivity contribution in [2.75, 3.05) is 0 Å². The summed E-state index contributed by atoms with van der Waals surface area (Å²) in [6, 6.07) is 3.21. The van der Waals surface area contributed by atoms with Gasteiger partial charge in [0.1, 0.15) is 6.29 Å². The number of nitrogens with one attached hydrogen (secondary N) is 1. The van der Waals surface area contributed by atoms with Gasteiger partial charge in [-0.15, -0.1) is 0 Å². The van der Waals surface area contributed by atoms with Gasteiger partial charge in [0.2, 0.25) is 0 Å². The third-order valence-electron chi connectivity index (χ3n) is 1.67. The Morgan fingerprint density at radius 3 is 2.19 bits per heavy atom. The summed E-state index contributed by atoms with van der Waals surface area (Å²) in [5.74, 6) is 0. The fourth-order valence-electron chi connectivity index (χ4n) is 0.833. The molecule has 0 aromatic heterocycles. The Kier molecular flexibility index (Phi) is 4.95. The molecular weight excluding hydrogens is 289 g/mol. The Morgan fingerprint density at radius 2 is 1.75 bits per heavy atom. The largest absolute Gasteiger partial charge is 0.301 e. The van der Waals surface area contributed by atoms with Crippen molar-refractivity contribution in [3.8, 4) is 0 Å². The molecule has 0 atom stereocenters. The summed E-state index contributed by atoms with van der Waals surface area (Å²) in [6.45, 7) is 3.51. The number of aldehydes is 1. The summed E-state index contributed by atoms with van der Waals surface area (Å²) in [5.41, 5.74) is -0.642. The minimum Gasteiger partial charge on any atom is -0.301 e. The zero-order valence-corrected chi connectivity index (χ0v) is 11.8. The van der Waals surface area contributed by atoms with E-state index in [-0.39, 0.29) is 0 Å². The van der Waals surface area contributed by atoms with E-state index in [0.717, 1.165) is 6.29 Å². The van der Waals surface area contributed by atoms with Crippen molar-refractivity contribution < 1.29 is 4.79 Å². The maximum Gasteiger partial charge on any atom is 0.140 e. The summed E-state index contributed by atoms with van der Waals surface area (Å²) < 4.78 is 2.96. The molecule has 0 fully saturated rings. The van der Waals surface area contributed by atoms with Crippen LogP contribution in [0.3, 0.4) is 0 Å². The first-order valence-corrected chi connectivity index (χ1v) is 6.35. The predicted molar refractivity (Wildman–Crippen MR) is 70.6 cm³/mol. The van der Waals surface area contributed by atoms with E-state index in [1.807, 2.05) is 0 Å². The van der Waals surface area contributed by atoms with E-state index in [1.54, 1.807) is 26.0 Å². The topological polar surface area (TPSA) is 29.1 Å². The minimum atomic E-state index is -0.642. The van der Waals surface area contributed by atoms with Gasteiger partial charge in [0.15, 0.2) is 0 Å². The molecule has 0 radical (unpaired) electrons. The molecule has 6 heteroatoms. The molecule has 0 aliphatic heterocycles. The first-order valence-electron chi connectivity index (χ1n) is 4.40. The lowest BCUT2D eigenvalue weighted by Gasteiger charge is -2.18. The SMILES string of the molecule is CC(C)(C=O)NSc1c(Cl)cc(Cl)cc1Cl. The molecule has 0 spiro atoms. The second kappa shape index (κ2) is 5.61. The lowest BCUT2D eigenvalue weighted by molar-refractivity contribution is -0.111. The number of benzene rings is 1. The van der Waals surface area contributed by atoms with Gasteiger partial charge in [-0.1, -0.05) is 34.8 Å². The monoisotopic (exact) mass is 297 g/mol. The van der Waals surface area contributed by atoms with Crippen molar-refractivity contribution in [3.05, 3.63) is 27.2 Å². The highest BCUT2D eigenvalue weighted by Gasteiger charge is 2.18. The van der Waals surface area contributed by atoms with Crippen LogP contribution in [-0.4, -0.2) is 11.8 Å². The first-order chi connectivity index (χ1) is 7.35. The molecular formula is C10H10Cl3NOS. The van der Waals surface area contributed by atoms with Crippen molar-refractivity contribution in [3.63, 3.8) is 0 Å². The summed E-state index contributed by atoms with van der Waals surface area (Å²) in [6.07, 6.45) is 0.817. The van der Waals surface area contributed by atoms with Crippen LogP contribution >= 0.6 is 46.8 Å². The maximum absolute atomic E-state index is 10.7. The molecule has 16 heavy (non-hydrogen) atoms. The Hall–Kier alpha value is 0.0700. The molecule has 0 saturated heterocycles. The van der Waals surface area contributed by atoms with Gasteiger partial charge >= 0.3 is 0 Å². The van der Waals surface area contributed by atoms with Crippen LogP contribution in [0.25, 0.3) is 0 Å². The van der Waals surface area contributed by atoms with Gasteiger partial charge in [-0.2, -0.15) is 0 Å². The van der Waals surface area contributed by atoms with E-state index in [0.29, 0.717) is 20.0 Å². The van der Waals surface area contributed by atoms with E-state index in [1.165, 1.54) is 11.9 Å². The normalized spacial score (nSPS) is 11.6. The highest BCUT2D eigenvalue weighted by Crippen LogP contribution is 2.35. The van der Waals surface area contributed by atoms with E-state index in [2.05, 4.69) is 4.72 Å². The number of rotatable bonds is 4. The molecule has 1 rings (SSSR count). The fraction of sp³-hybridized carbons (Fsp3) is 0.300. The average Bonchev–Trinajstić information content (AvgIpc) is 2.16. The molecule has 1 aromatic carbocycles. The lowest BCUT2D eigenvalue weighted by atomic mass is 10.1. The Bertz CT molecular complexity index is 386. The van der Waals surface area contributed by atoms with Crippen molar-refractivity contribution >= 4 is 53.0 Å². The van der Waals surface area contributed by atoms with Crippen LogP contribution in [0.5, 0.6) is 0 Å². The third-order valence-corrected chi connectivity index (χ3v) is 3.98. The third kappa shape index (κ3) is 3.82.